The predicted molar refractivity (Wildman–Crippen MR) is 89.9 cm³/mol. The molecule has 0 N–H and O–H groups in total. The van der Waals surface area contributed by atoms with E-state index in [2.05, 4.69) is 0 Å². The molecule has 5 nitrogen and oxygen atoms in total. The maximum absolute atomic E-state index is 12.9. The van der Waals surface area contributed by atoms with E-state index in [9.17, 15) is 22.8 Å². The van der Waals surface area contributed by atoms with E-state index < -0.39 is 29.3 Å². The summed E-state index contributed by atoms with van der Waals surface area (Å²) >= 11 is 0. The molecule has 8 heteroatoms. The standard InChI is InChI=1S/C18H23F3N2O3/c1-12-9-13(11-14(10-12)18(19,20)21)15(24)22-5-7-23(8-6-22)16(25)26-17(2,3)4/h9-11H,5-8H2,1-4H3. The Morgan fingerprint density at radius 1 is 0.962 bits per heavy atom. The van der Waals surface area contributed by atoms with Gasteiger partial charge in [-0.15, -0.1) is 0 Å². The second kappa shape index (κ2) is 7.17. The summed E-state index contributed by atoms with van der Waals surface area (Å²) in [6.45, 7) is 7.85. The number of aryl methyl sites for hydroxylation is 1. The zero-order valence-electron chi connectivity index (χ0n) is 15.3. The van der Waals surface area contributed by atoms with Gasteiger partial charge in [0, 0.05) is 31.7 Å². The lowest BCUT2D eigenvalue weighted by Gasteiger charge is -2.35. The van der Waals surface area contributed by atoms with Gasteiger partial charge in [0.2, 0.25) is 0 Å². The zero-order chi connectivity index (χ0) is 19.7. The molecule has 0 aliphatic carbocycles. The number of piperazine rings is 1. The quantitative estimate of drug-likeness (QED) is 0.755. The van der Waals surface area contributed by atoms with Crippen LogP contribution in [-0.2, 0) is 10.9 Å². The van der Waals surface area contributed by atoms with Crippen LogP contribution >= 0.6 is 0 Å². The van der Waals surface area contributed by atoms with Gasteiger partial charge in [-0.3, -0.25) is 4.79 Å². The van der Waals surface area contributed by atoms with Crippen LogP contribution in [-0.4, -0.2) is 53.6 Å². The molecule has 26 heavy (non-hydrogen) atoms. The van der Waals surface area contributed by atoms with E-state index in [0.717, 1.165) is 12.1 Å². The van der Waals surface area contributed by atoms with E-state index in [1.807, 2.05) is 0 Å². The first-order valence-electron chi connectivity index (χ1n) is 8.33. The lowest BCUT2D eigenvalue weighted by Crippen LogP contribution is -2.51. The van der Waals surface area contributed by atoms with Crippen molar-refractivity contribution in [2.75, 3.05) is 26.2 Å². The number of benzene rings is 1. The van der Waals surface area contributed by atoms with Crippen molar-refractivity contribution in [2.24, 2.45) is 0 Å². The molecule has 0 radical (unpaired) electrons. The molecule has 1 aliphatic rings. The molecule has 1 fully saturated rings. The molecule has 0 atom stereocenters. The van der Waals surface area contributed by atoms with Crippen molar-refractivity contribution in [3.8, 4) is 0 Å². The minimum atomic E-state index is -4.50. The van der Waals surface area contributed by atoms with Gasteiger partial charge in [0.05, 0.1) is 5.56 Å². The van der Waals surface area contributed by atoms with Crippen LogP contribution in [0.15, 0.2) is 18.2 Å². The summed E-state index contributed by atoms with van der Waals surface area (Å²) in [5.74, 6) is -0.469. The molecular formula is C18H23F3N2O3. The van der Waals surface area contributed by atoms with Gasteiger partial charge in [-0.05, 0) is 51.5 Å². The van der Waals surface area contributed by atoms with Crippen LogP contribution in [0, 0.1) is 6.92 Å². The minimum absolute atomic E-state index is 0.00282. The van der Waals surface area contributed by atoms with E-state index in [-0.39, 0.29) is 31.7 Å². The fraction of sp³-hybridized carbons (Fsp3) is 0.556. The van der Waals surface area contributed by atoms with E-state index in [0.29, 0.717) is 5.56 Å². The van der Waals surface area contributed by atoms with Crippen molar-refractivity contribution in [1.82, 2.24) is 9.80 Å². The molecule has 1 heterocycles. The van der Waals surface area contributed by atoms with E-state index in [1.165, 1.54) is 22.8 Å². The summed E-state index contributed by atoms with van der Waals surface area (Å²) in [4.78, 5) is 27.5. The van der Waals surface area contributed by atoms with Gasteiger partial charge in [0.25, 0.3) is 5.91 Å². The van der Waals surface area contributed by atoms with Gasteiger partial charge in [-0.1, -0.05) is 0 Å². The maximum atomic E-state index is 12.9. The Labute approximate surface area is 150 Å². The summed E-state index contributed by atoms with van der Waals surface area (Å²) in [5, 5.41) is 0. The van der Waals surface area contributed by atoms with Crippen molar-refractivity contribution >= 4 is 12.0 Å². The minimum Gasteiger partial charge on any atom is -0.444 e. The lowest BCUT2D eigenvalue weighted by atomic mass is 10.0. The highest BCUT2D eigenvalue weighted by molar-refractivity contribution is 5.94. The normalized spacial score (nSPS) is 15.8. The number of nitrogens with zero attached hydrogens (tertiary/aromatic N) is 2. The summed E-state index contributed by atoms with van der Waals surface area (Å²) in [6.07, 6.45) is -4.96. The van der Waals surface area contributed by atoms with Gasteiger partial charge in [0.1, 0.15) is 5.60 Å². The number of halogens is 3. The molecule has 0 saturated carbocycles. The Morgan fingerprint density at radius 3 is 2.00 bits per heavy atom. The molecule has 1 saturated heterocycles. The van der Waals surface area contributed by atoms with Crippen LogP contribution in [0.1, 0.15) is 42.3 Å². The molecule has 1 aliphatic heterocycles. The molecule has 144 valence electrons. The Morgan fingerprint density at radius 2 is 1.50 bits per heavy atom. The molecule has 1 aromatic carbocycles. The summed E-state index contributed by atoms with van der Waals surface area (Å²) < 4.78 is 44.1. The van der Waals surface area contributed by atoms with Gasteiger partial charge >= 0.3 is 12.3 Å². The van der Waals surface area contributed by atoms with Crippen molar-refractivity contribution in [1.29, 1.82) is 0 Å². The third-order valence-corrected chi connectivity index (χ3v) is 3.87. The average Bonchev–Trinajstić information content (AvgIpc) is 2.51. The van der Waals surface area contributed by atoms with Crippen LogP contribution in [0.3, 0.4) is 0 Å². The lowest BCUT2D eigenvalue weighted by molar-refractivity contribution is -0.137. The van der Waals surface area contributed by atoms with Gasteiger partial charge in [-0.2, -0.15) is 13.2 Å². The number of carbonyl (C=O) groups is 2. The Kier molecular flexibility index (Phi) is 5.53. The van der Waals surface area contributed by atoms with Gasteiger partial charge in [0.15, 0.2) is 0 Å². The van der Waals surface area contributed by atoms with Crippen molar-refractivity contribution in [3.63, 3.8) is 0 Å². The summed E-state index contributed by atoms with van der Waals surface area (Å²) in [7, 11) is 0. The van der Waals surface area contributed by atoms with Crippen molar-refractivity contribution in [2.45, 2.75) is 39.5 Å². The van der Waals surface area contributed by atoms with Crippen molar-refractivity contribution < 1.29 is 27.5 Å². The highest BCUT2D eigenvalue weighted by Gasteiger charge is 2.33. The fourth-order valence-electron chi connectivity index (χ4n) is 2.67. The topological polar surface area (TPSA) is 49.9 Å². The predicted octanol–water partition coefficient (Wildman–Crippen LogP) is 3.71. The van der Waals surface area contributed by atoms with E-state index in [4.69, 9.17) is 4.74 Å². The third kappa shape index (κ3) is 5.12. The molecule has 0 bridgehead atoms. The second-order valence-electron chi connectivity index (χ2n) is 7.35. The summed E-state index contributed by atoms with van der Waals surface area (Å²) in [6, 6.07) is 3.32. The van der Waals surface area contributed by atoms with Crippen LogP contribution in [0.5, 0.6) is 0 Å². The number of ether oxygens (including phenoxy) is 1. The molecule has 0 spiro atoms. The Hall–Kier alpha value is -2.25. The number of hydrogen-bond donors (Lipinski definition) is 0. The second-order valence-corrected chi connectivity index (χ2v) is 7.35. The Bertz CT molecular complexity index is 688. The molecule has 0 unspecified atom stereocenters. The molecule has 1 aromatic rings. The summed E-state index contributed by atoms with van der Waals surface area (Å²) in [5.41, 5.74) is -1.08. The highest BCUT2D eigenvalue weighted by Crippen LogP contribution is 2.31. The average molecular weight is 372 g/mol. The van der Waals surface area contributed by atoms with Gasteiger partial charge < -0.3 is 14.5 Å². The number of hydrogen-bond acceptors (Lipinski definition) is 3. The van der Waals surface area contributed by atoms with Gasteiger partial charge in [-0.25, -0.2) is 4.79 Å². The smallest absolute Gasteiger partial charge is 0.416 e. The Balaban J connectivity index is 2.05. The number of carbonyl (C=O) groups excluding carboxylic acids is 2. The first-order chi connectivity index (χ1) is 11.9. The first-order valence-corrected chi connectivity index (χ1v) is 8.33. The third-order valence-electron chi connectivity index (χ3n) is 3.87. The van der Waals surface area contributed by atoms with E-state index >= 15 is 0 Å². The van der Waals surface area contributed by atoms with Crippen LogP contribution in [0.4, 0.5) is 18.0 Å². The number of rotatable bonds is 1. The largest absolute Gasteiger partial charge is 0.444 e. The monoisotopic (exact) mass is 372 g/mol. The molecular weight excluding hydrogens is 349 g/mol. The van der Waals surface area contributed by atoms with Crippen LogP contribution < -0.4 is 0 Å². The molecule has 2 amide bonds. The van der Waals surface area contributed by atoms with Crippen molar-refractivity contribution in [3.05, 3.63) is 34.9 Å². The molecule has 2 rings (SSSR count). The molecule has 0 aromatic heterocycles. The SMILES string of the molecule is Cc1cc(C(=O)N2CCN(C(=O)OC(C)(C)C)CC2)cc(C(F)(F)F)c1. The van der Waals surface area contributed by atoms with Crippen LogP contribution in [0.25, 0.3) is 0 Å². The fourth-order valence-corrected chi connectivity index (χ4v) is 2.67. The van der Waals surface area contributed by atoms with E-state index in [1.54, 1.807) is 20.8 Å². The van der Waals surface area contributed by atoms with Crippen LogP contribution in [0.2, 0.25) is 0 Å². The zero-order valence-corrected chi connectivity index (χ0v) is 15.3. The maximum Gasteiger partial charge on any atom is 0.416 e. The highest BCUT2D eigenvalue weighted by atomic mass is 19.4. The first kappa shape index (κ1) is 20.1. The number of alkyl halides is 3. The number of amides is 2.